The van der Waals surface area contributed by atoms with Gasteiger partial charge < -0.3 is 15.2 Å². The van der Waals surface area contributed by atoms with Gasteiger partial charge in [-0.3, -0.25) is 4.98 Å². The Morgan fingerprint density at radius 2 is 2.39 bits per heavy atom. The Morgan fingerprint density at radius 1 is 1.67 bits per heavy atom. The van der Waals surface area contributed by atoms with Crippen molar-refractivity contribution in [1.82, 2.24) is 4.98 Å². The van der Waals surface area contributed by atoms with E-state index in [1.54, 1.807) is 6.07 Å². The number of carboxylic acid groups (broad SMARTS) is 1. The van der Waals surface area contributed by atoms with E-state index in [0.29, 0.717) is 12.3 Å². The summed E-state index contributed by atoms with van der Waals surface area (Å²) in [5.74, 6) is -0.972. The van der Waals surface area contributed by atoms with Crippen LogP contribution in [0.15, 0.2) is 12.3 Å². The van der Waals surface area contributed by atoms with Crippen LogP contribution in [0.1, 0.15) is 36.3 Å². The fraction of sp³-hybridized carbons (Fsp3) is 0.538. The van der Waals surface area contributed by atoms with Gasteiger partial charge in [-0.25, -0.2) is 4.79 Å². The van der Waals surface area contributed by atoms with Crippen LogP contribution in [0.25, 0.3) is 0 Å². The van der Waals surface area contributed by atoms with Crippen LogP contribution >= 0.6 is 0 Å². The Balaban J connectivity index is 2.33. The fourth-order valence-corrected chi connectivity index (χ4v) is 2.14. The lowest BCUT2D eigenvalue weighted by molar-refractivity contribution is 0.0696. The van der Waals surface area contributed by atoms with Crippen LogP contribution in [0, 0.1) is 6.92 Å². The molecule has 2 atom stereocenters. The number of aromatic carboxylic acids is 1. The summed E-state index contributed by atoms with van der Waals surface area (Å²) in [6.07, 6.45) is 2.30. The molecule has 98 valence electrons. The van der Waals surface area contributed by atoms with Crippen LogP contribution < -0.4 is 5.32 Å². The molecule has 0 radical (unpaired) electrons. The molecule has 18 heavy (non-hydrogen) atoms. The third-order valence-electron chi connectivity index (χ3n) is 3.58. The van der Waals surface area contributed by atoms with Gasteiger partial charge in [0.2, 0.25) is 0 Å². The van der Waals surface area contributed by atoms with E-state index >= 15 is 0 Å². The van der Waals surface area contributed by atoms with Crippen LogP contribution in [0.4, 0.5) is 5.69 Å². The van der Waals surface area contributed by atoms with Crippen LogP contribution in [-0.2, 0) is 4.74 Å². The van der Waals surface area contributed by atoms with Crippen molar-refractivity contribution in [3.05, 3.63) is 23.5 Å². The highest BCUT2D eigenvalue weighted by Crippen LogP contribution is 2.31. The van der Waals surface area contributed by atoms with Gasteiger partial charge in [0.25, 0.3) is 0 Å². The lowest BCUT2D eigenvalue weighted by atomic mass is 9.94. The SMILES string of the molecule is Cc1cc(NC2(C)CCOC2C)c(C(=O)O)cn1. The number of pyridine rings is 1. The highest BCUT2D eigenvalue weighted by atomic mass is 16.5. The number of aryl methyl sites for hydroxylation is 1. The van der Waals surface area contributed by atoms with Crippen LogP contribution in [0.3, 0.4) is 0 Å². The number of anilines is 1. The average Bonchev–Trinajstić information content (AvgIpc) is 2.58. The van der Waals surface area contributed by atoms with E-state index in [1.807, 2.05) is 20.8 Å². The number of nitrogens with one attached hydrogen (secondary N) is 1. The van der Waals surface area contributed by atoms with E-state index in [2.05, 4.69) is 10.3 Å². The highest BCUT2D eigenvalue weighted by molar-refractivity contribution is 5.94. The van der Waals surface area contributed by atoms with Crippen LogP contribution in [0.2, 0.25) is 0 Å². The standard InChI is InChI=1S/C13H18N2O3/c1-8-6-11(10(7-14-8)12(16)17)15-13(3)4-5-18-9(13)2/h6-7,9H,4-5H2,1-3H3,(H,14,15)(H,16,17). The van der Waals surface area contributed by atoms with Gasteiger partial charge in [0.05, 0.1) is 17.3 Å². The summed E-state index contributed by atoms with van der Waals surface area (Å²) in [5, 5.41) is 12.5. The zero-order valence-corrected chi connectivity index (χ0v) is 10.9. The van der Waals surface area contributed by atoms with Crippen molar-refractivity contribution in [2.24, 2.45) is 0 Å². The van der Waals surface area contributed by atoms with Gasteiger partial charge in [-0.05, 0) is 33.3 Å². The second-order valence-corrected chi connectivity index (χ2v) is 4.98. The molecule has 0 aliphatic carbocycles. The first kappa shape index (κ1) is 12.8. The molecule has 0 amide bonds. The molecule has 1 aromatic rings. The summed E-state index contributed by atoms with van der Waals surface area (Å²) in [6, 6.07) is 1.76. The van der Waals surface area contributed by atoms with Crippen molar-refractivity contribution in [1.29, 1.82) is 0 Å². The number of hydrogen-bond acceptors (Lipinski definition) is 4. The fourth-order valence-electron chi connectivity index (χ4n) is 2.14. The molecule has 0 spiro atoms. The summed E-state index contributed by atoms with van der Waals surface area (Å²) in [7, 11) is 0. The van der Waals surface area contributed by atoms with Crippen molar-refractivity contribution in [3.8, 4) is 0 Å². The average molecular weight is 250 g/mol. The molecule has 2 heterocycles. The topological polar surface area (TPSA) is 71.5 Å². The molecule has 1 aromatic heterocycles. The highest BCUT2D eigenvalue weighted by Gasteiger charge is 2.37. The van der Waals surface area contributed by atoms with Gasteiger partial charge in [0, 0.05) is 18.5 Å². The van der Waals surface area contributed by atoms with E-state index in [0.717, 1.165) is 12.1 Å². The van der Waals surface area contributed by atoms with Crippen molar-refractivity contribution in [3.63, 3.8) is 0 Å². The molecule has 1 aliphatic rings. The molecule has 5 nitrogen and oxygen atoms in total. The van der Waals surface area contributed by atoms with Crippen LogP contribution in [-0.4, -0.2) is 34.3 Å². The molecule has 2 unspecified atom stereocenters. The lowest BCUT2D eigenvalue weighted by Crippen LogP contribution is -2.41. The summed E-state index contributed by atoms with van der Waals surface area (Å²) in [5.41, 5.74) is 1.35. The quantitative estimate of drug-likeness (QED) is 0.859. The molecule has 1 aliphatic heterocycles. The van der Waals surface area contributed by atoms with E-state index < -0.39 is 5.97 Å². The van der Waals surface area contributed by atoms with Gasteiger partial charge in [-0.15, -0.1) is 0 Å². The third-order valence-corrected chi connectivity index (χ3v) is 3.58. The minimum absolute atomic E-state index is 0.0487. The Bertz CT molecular complexity index is 475. The van der Waals surface area contributed by atoms with E-state index in [1.165, 1.54) is 6.20 Å². The molecule has 2 N–H and O–H groups in total. The molecule has 1 saturated heterocycles. The number of carbonyl (C=O) groups is 1. The van der Waals surface area contributed by atoms with Crippen molar-refractivity contribution >= 4 is 11.7 Å². The molecular formula is C13H18N2O3. The largest absolute Gasteiger partial charge is 0.478 e. The first-order valence-electron chi connectivity index (χ1n) is 6.02. The first-order valence-corrected chi connectivity index (χ1v) is 6.02. The molecular weight excluding hydrogens is 232 g/mol. The summed E-state index contributed by atoms with van der Waals surface area (Å²) in [4.78, 5) is 15.2. The third kappa shape index (κ3) is 2.31. The number of carboxylic acids is 1. The minimum Gasteiger partial charge on any atom is -0.478 e. The number of rotatable bonds is 3. The Hall–Kier alpha value is -1.62. The van der Waals surface area contributed by atoms with Gasteiger partial charge in [-0.1, -0.05) is 0 Å². The normalized spacial score (nSPS) is 27.2. The van der Waals surface area contributed by atoms with E-state index in [-0.39, 0.29) is 17.2 Å². The second-order valence-electron chi connectivity index (χ2n) is 4.98. The molecule has 0 saturated carbocycles. The van der Waals surface area contributed by atoms with Gasteiger partial charge in [0.15, 0.2) is 0 Å². The molecule has 0 aromatic carbocycles. The Kier molecular flexibility index (Phi) is 3.26. The molecule has 1 fully saturated rings. The predicted octanol–water partition coefficient (Wildman–Crippen LogP) is 2.07. The van der Waals surface area contributed by atoms with Gasteiger partial charge >= 0.3 is 5.97 Å². The maximum Gasteiger partial charge on any atom is 0.339 e. The zero-order valence-electron chi connectivity index (χ0n) is 10.9. The molecule has 5 heteroatoms. The zero-order chi connectivity index (χ0) is 13.3. The first-order chi connectivity index (χ1) is 8.42. The predicted molar refractivity (Wildman–Crippen MR) is 68.0 cm³/mol. The van der Waals surface area contributed by atoms with Crippen molar-refractivity contribution < 1.29 is 14.6 Å². The Morgan fingerprint density at radius 3 is 2.94 bits per heavy atom. The molecule has 2 rings (SSSR count). The number of aromatic nitrogens is 1. The summed E-state index contributed by atoms with van der Waals surface area (Å²) in [6.45, 7) is 6.57. The van der Waals surface area contributed by atoms with Gasteiger partial charge in [0.1, 0.15) is 5.56 Å². The summed E-state index contributed by atoms with van der Waals surface area (Å²) < 4.78 is 5.55. The monoisotopic (exact) mass is 250 g/mol. The van der Waals surface area contributed by atoms with E-state index in [9.17, 15) is 4.79 Å². The van der Waals surface area contributed by atoms with Crippen molar-refractivity contribution in [2.45, 2.75) is 38.8 Å². The van der Waals surface area contributed by atoms with E-state index in [4.69, 9.17) is 9.84 Å². The lowest BCUT2D eigenvalue weighted by Gasteiger charge is -2.30. The van der Waals surface area contributed by atoms with Crippen LogP contribution in [0.5, 0.6) is 0 Å². The smallest absolute Gasteiger partial charge is 0.339 e. The second kappa shape index (κ2) is 4.57. The maximum atomic E-state index is 11.2. The van der Waals surface area contributed by atoms with Crippen molar-refractivity contribution in [2.75, 3.05) is 11.9 Å². The number of ether oxygens (including phenoxy) is 1. The van der Waals surface area contributed by atoms with Gasteiger partial charge in [-0.2, -0.15) is 0 Å². The maximum absolute atomic E-state index is 11.2. The minimum atomic E-state index is -0.972. The Labute approximate surface area is 106 Å². The number of nitrogens with zero attached hydrogens (tertiary/aromatic N) is 1. The summed E-state index contributed by atoms with van der Waals surface area (Å²) >= 11 is 0. The number of hydrogen-bond donors (Lipinski definition) is 2. The molecule has 0 bridgehead atoms.